The van der Waals surface area contributed by atoms with Crippen molar-refractivity contribution < 1.29 is 0 Å². The van der Waals surface area contributed by atoms with Crippen LogP contribution in [0.2, 0.25) is 0 Å². The van der Waals surface area contributed by atoms with Crippen LogP contribution in [0.1, 0.15) is 180 Å². The molecule has 0 aliphatic carbocycles. The highest BCUT2D eigenvalue weighted by molar-refractivity contribution is 5.94. The Labute approximate surface area is 399 Å². The molecule has 6 unspecified atom stereocenters. The molecule has 346 valence electrons. The topological polar surface area (TPSA) is 13.0 Å². The van der Waals surface area contributed by atoms with Crippen LogP contribution < -0.4 is 19.6 Å². The Morgan fingerprint density at radius 2 is 0.561 bits per heavy atom. The average Bonchev–Trinajstić information content (AvgIpc) is 3.85. The van der Waals surface area contributed by atoms with E-state index in [0.29, 0.717) is 23.7 Å². The van der Waals surface area contributed by atoms with Gasteiger partial charge in [0.25, 0.3) is 0 Å². The van der Waals surface area contributed by atoms with Gasteiger partial charge in [-0.2, -0.15) is 0 Å². The Kier molecular flexibility index (Phi) is 13.3. The molecule has 0 fully saturated rings. The molecule has 0 amide bonds. The average molecular weight is 879 g/mol. The SMILES string of the molecule is CCC(C)c1ccc(N2c3ccc(C(C)(C)C)cc3N(c3ccc(C(C)CC)cc3)C2C2N(c3ccc(C(C)CC)cc3)c3ccc(C(C)(C)C)cc3N2c2ccc(C(C)CC)cc2)cc1. The zero-order valence-electron chi connectivity index (χ0n) is 42.8. The van der Waals surface area contributed by atoms with Gasteiger partial charge in [0.05, 0.1) is 22.7 Å². The minimum absolute atomic E-state index is 0.0399. The van der Waals surface area contributed by atoms with Crippen molar-refractivity contribution >= 4 is 45.5 Å². The number of hydrogen-bond acceptors (Lipinski definition) is 4. The first-order chi connectivity index (χ1) is 31.5. The lowest BCUT2D eigenvalue weighted by Gasteiger charge is -2.44. The van der Waals surface area contributed by atoms with Gasteiger partial charge in [0.2, 0.25) is 0 Å². The minimum Gasteiger partial charge on any atom is -0.314 e. The summed E-state index contributed by atoms with van der Waals surface area (Å²) >= 11 is 0. The molecule has 0 radical (unpaired) electrons. The van der Waals surface area contributed by atoms with Gasteiger partial charge >= 0.3 is 0 Å². The predicted octanol–water partition coefficient (Wildman–Crippen LogP) is 18.3. The molecular formula is C62H78N4. The Bertz CT molecular complexity index is 2390. The lowest BCUT2D eigenvalue weighted by molar-refractivity contribution is 0.549. The van der Waals surface area contributed by atoms with Gasteiger partial charge in [-0.1, -0.05) is 158 Å². The van der Waals surface area contributed by atoms with Crippen LogP contribution in [-0.4, -0.2) is 12.3 Å². The third-order valence-corrected chi connectivity index (χ3v) is 15.5. The molecule has 4 heteroatoms. The van der Waals surface area contributed by atoms with E-state index in [1.165, 1.54) is 78.9 Å². The number of hydrogen-bond donors (Lipinski definition) is 0. The van der Waals surface area contributed by atoms with Crippen molar-refractivity contribution in [1.29, 1.82) is 0 Å². The number of fused-ring (bicyclic) bond motifs is 2. The molecule has 4 nitrogen and oxygen atoms in total. The van der Waals surface area contributed by atoms with Crippen LogP contribution in [0.25, 0.3) is 0 Å². The van der Waals surface area contributed by atoms with Gasteiger partial charge in [-0.05, 0) is 166 Å². The molecule has 6 atom stereocenters. The first kappa shape index (κ1) is 47.0. The molecule has 2 aliphatic heterocycles. The maximum absolute atomic E-state index is 2.69. The second kappa shape index (κ2) is 18.7. The summed E-state index contributed by atoms with van der Waals surface area (Å²) in [6, 6.07) is 52.8. The predicted molar refractivity (Wildman–Crippen MR) is 287 cm³/mol. The van der Waals surface area contributed by atoms with Crippen molar-refractivity contribution in [3.63, 3.8) is 0 Å². The quantitative estimate of drug-likeness (QED) is 0.115. The summed E-state index contributed by atoms with van der Waals surface area (Å²) in [5.74, 6) is 1.94. The van der Waals surface area contributed by atoms with Gasteiger partial charge in [0, 0.05) is 22.7 Å². The van der Waals surface area contributed by atoms with Crippen LogP contribution in [0.4, 0.5) is 45.5 Å². The summed E-state index contributed by atoms with van der Waals surface area (Å²) in [7, 11) is 0. The van der Waals surface area contributed by atoms with Crippen LogP contribution >= 0.6 is 0 Å². The van der Waals surface area contributed by atoms with E-state index in [2.05, 4.69) is 250 Å². The van der Waals surface area contributed by atoms with E-state index >= 15 is 0 Å². The fourth-order valence-electron chi connectivity index (χ4n) is 10.1. The Morgan fingerprint density at radius 3 is 0.773 bits per heavy atom. The van der Waals surface area contributed by atoms with E-state index in [-0.39, 0.29) is 23.2 Å². The van der Waals surface area contributed by atoms with Crippen LogP contribution in [-0.2, 0) is 10.8 Å². The monoisotopic (exact) mass is 879 g/mol. The molecule has 0 saturated heterocycles. The fraction of sp³-hybridized carbons (Fsp3) is 0.419. The molecule has 6 aromatic rings. The molecular weight excluding hydrogens is 801 g/mol. The smallest absolute Gasteiger partial charge is 0.151 e. The van der Waals surface area contributed by atoms with Crippen molar-refractivity contribution in [3.8, 4) is 0 Å². The Balaban J connectivity index is 1.47. The fourth-order valence-corrected chi connectivity index (χ4v) is 10.1. The van der Waals surface area contributed by atoms with Crippen LogP contribution in [0.3, 0.4) is 0 Å². The summed E-state index contributed by atoms with van der Waals surface area (Å²) in [5, 5.41) is 0. The highest BCUT2D eigenvalue weighted by Crippen LogP contribution is 2.57. The van der Waals surface area contributed by atoms with Crippen molar-refractivity contribution in [2.24, 2.45) is 0 Å². The Morgan fingerprint density at radius 1 is 0.333 bits per heavy atom. The molecule has 2 aliphatic rings. The van der Waals surface area contributed by atoms with E-state index in [9.17, 15) is 0 Å². The second-order valence-corrected chi connectivity index (χ2v) is 21.8. The molecule has 8 rings (SSSR count). The van der Waals surface area contributed by atoms with Gasteiger partial charge in [-0.25, -0.2) is 0 Å². The third kappa shape index (κ3) is 8.78. The van der Waals surface area contributed by atoms with Crippen LogP contribution in [0, 0.1) is 0 Å². The van der Waals surface area contributed by atoms with Gasteiger partial charge in [0.1, 0.15) is 0 Å². The van der Waals surface area contributed by atoms with Crippen molar-refractivity contribution in [2.45, 2.75) is 169 Å². The summed E-state index contributed by atoms with van der Waals surface area (Å²) in [6.07, 6.45) is 4.00. The largest absolute Gasteiger partial charge is 0.314 e. The van der Waals surface area contributed by atoms with E-state index in [1.54, 1.807) is 0 Å². The number of rotatable bonds is 13. The number of anilines is 8. The summed E-state index contributed by atoms with van der Waals surface area (Å²) < 4.78 is 0. The minimum atomic E-state index is -0.215. The second-order valence-electron chi connectivity index (χ2n) is 21.8. The zero-order chi connectivity index (χ0) is 47.2. The van der Waals surface area contributed by atoms with E-state index in [0.717, 1.165) is 25.7 Å². The summed E-state index contributed by atoms with van der Waals surface area (Å²) in [4.78, 5) is 10.7. The number of nitrogens with zero attached hydrogens (tertiary/aromatic N) is 4. The van der Waals surface area contributed by atoms with Crippen molar-refractivity contribution in [2.75, 3.05) is 19.6 Å². The van der Waals surface area contributed by atoms with E-state index < -0.39 is 0 Å². The molecule has 2 heterocycles. The molecule has 6 aromatic carbocycles. The molecule has 0 saturated carbocycles. The number of benzene rings is 6. The van der Waals surface area contributed by atoms with Crippen molar-refractivity contribution in [3.05, 3.63) is 167 Å². The van der Waals surface area contributed by atoms with Gasteiger partial charge in [-0.15, -0.1) is 0 Å². The third-order valence-electron chi connectivity index (χ3n) is 15.5. The molecule has 66 heavy (non-hydrogen) atoms. The first-order valence-corrected chi connectivity index (χ1v) is 25.3. The van der Waals surface area contributed by atoms with Crippen LogP contribution in [0.15, 0.2) is 133 Å². The lowest BCUT2D eigenvalue weighted by Crippen LogP contribution is -2.58. The Hall–Kier alpha value is -5.48. The highest BCUT2D eigenvalue weighted by atomic mass is 15.5. The molecule has 0 N–H and O–H groups in total. The summed E-state index contributed by atoms with van der Waals surface area (Å²) in [5.41, 5.74) is 17.8. The normalized spacial score (nSPS) is 18.0. The van der Waals surface area contributed by atoms with E-state index in [1.807, 2.05) is 0 Å². The molecule has 0 bridgehead atoms. The summed E-state index contributed by atoms with van der Waals surface area (Å²) in [6.45, 7) is 32.6. The van der Waals surface area contributed by atoms with Crippen LogP contribution in [0.5, 0.6) is 0 Å². The maximum Gasteiger partial charge on any atom is 0.151 e. The van der Waals surface area contributed by atoms with Crippen molar-refractivity contribution in [1.82, 2.24) is 0 Å². The van der Waals surface area contributed by atoms with Gasteiger partial charge in [0.15, 0.2) is 12.3 Å². The first-order valence-electron chi connectivity index (χ1n) is 25.3. The standard InChI is InChI=1S/C62H78N4/c1-15-41(5)45-19-29-51(30-20-45)63-55-37-27-49(61(9,10)11)39-57(55)65(53-33-23-47(24-34-53)43(7)17-3)59(63)60-64(52-31-21-46(22-32-52)42(6)16-2)56-38-28-50(62(12,13)14)40-58(56)66(60)54-35-25-48(26-36-54)44(8)18-4/h19-44,59-60H,15-18H2,1-14H3. The lowest BCUT2D eigenvalue weighted by atomic mass is 9.86. The van der Waals surface area contributed by atoms with E-state index in [4.69, 9.17) is 0 Å². The molecule has 0 spiro atoms. The van der Waals surface area contributed by atoms with Gasteiger partial charge < -0.3 is 19.6 Å². The zero-order valence-corrected chi connectivity index (χ0v) is 42.8. The molecule has 0 aromatic heterocycles. The maximum atomic E-state index is 2.69. The van der Waals surface area contributed by atoms with Gasteiger partial charge in [-0.3, -0.25) is 0 Å². The highest BCUT2D eigenvalue weighted by Gasteiger charge is 2.52.